The van der Waals surface area contributed by atoms with Gasteiger partial charge in [0, 0.05) is 7.11 Å². The first-order valence-corrected chi connectivity index (χ1v) is 10.5. The van der Waals surface area contributed by atoms with Crippen LogP contribution in [-0.4, -0.2) is 22.2 Å². The third-order valence-corrected chi connectivity index (χ3v) is 8.66. The Bertz CT molecular complexity index is 644. The summed E-state index contributed by atoms with van der Waals surface area (Å²) in [5, 5.41) is 2.47. The molecule has 0 radical (unpaired) electrons. The Balaban J connectivity index is 2.29. The fraction of sp³-hybridized carbons (Fsp3) is 0.444. The van der Waals surface area contributed by atoms with Crippen molar-refractivity contribution >= 4 is 19.1 Å². The van der Waals surface area contributed by atoms with Crippen LogP contribution in [0.1, 0.15) is 20.8 Å². The lowest BCUT2D eigenvalue weighted by molar-refractivity contribution is 0.0512. The van der Waals surface area contributed by atoms with Gasteiger partial charge in [-0.05, 0) is 53.2 Å². The third-order valence-electron chi connectivity index (χ3n) is 4.31. The number of hydrogen-bond donors (Lipinski definition) is 0. The zero-order chi connectivity index (χ0) is 16.4. The van der Waals surface area contributed by atoms with Crippen molar-refractivity contribution in [3.63, 3.8) is 0 Å². The Morgan fingerprint density at radius 2 is 1.50 bits per heavy atom. The van der Waals surface area contributed by atoms with Crippen molar-refractivity contribution in [2.75, 3.05) is 13.9 Å². The van der Waals surface area contributed by atoms with E-state index in [-0.39, 0.29) is 11.8 Å². The topological polar surface area (TPSA) is 27.7 Å². The van der Waals surface area contributed by atoms with Crippen LogP contribution >= 0.6 is 0 Å². The molecule has 2 aromatic carbocycles. The van der Waals surface area contributed by atoms with Gasteiger partial charge in [-0.2, -0.15) is 0 Å². The molecule has 2 aromatic rings. The molecule has 0 amide bonds. The van der Waals surface area contributed by atoms with Crippen LogP contribution in [0.25, 0.3) is 10.8 Å². The number of benzene rings is 2. The van der Waals surface area contributed by atoms with E-state index in [1.165, 1.54) is 5.39 Å². The van der Waals surface area contributed by atoms with E-state index in [1.54, 1.807) is 7.11 Å². The predicted molar refractivity (Wildman–Crippen MR) is 94.3 cm³/mol. The van der Waals surface area contributed by atoms with Crippen LogP contribution in [0.3, 0.4) is 0 Å². The number of rotatable bonds is 5. The van der Waals surface area contributed by atoms with Crippen LogP contribution in [-0.2, 0) is 4.74 Å². The van der Waals surface area contributed by atoms with E-state index in [1.807, 2.05) is 12.1 Å². The zero-order valence-electron chi connectivity index (χ0n) is 14.4. The molecule has 0 heterocycles. The molecular weight excluding hydrogens is 292 g/mol. The summed E-state index contributed by atoms with van der Waals surface area (Å²) in [4.78, 5) is 0. The van der Waals surface area contributed by atoms with E-state index in [0.717, 1.165) is 16.9 Å². The van der Waals surface area contributed by atoms with E-state index >= 15 is 0 Å². The van der Waals surface area contributed by atoms with Gasteiger partial charge in [-0.3, -0.25) is 0 Å². The molecule has 0 N–H and O–H groups in total. The number of methoxy groups -OCH3 is 1. The largest absolute Gasteiger partial charge is 0.543 e. The maximum atomic E-state index is 6.37. The SMILES string of the molecule is COCOc1ccc2ccc(O[Si](C)(C)C(C)(C)C)cc2c1. The molecule has 0 bridgehead atoms. The van der Waals surface area contributed by atoms with E-state index in [9.17, 15) is 0 Å². The van der Waals surface area contributed by atoms with Crippen LogP contribution < -0.4 is 9.16 Å². The monoisotopic (exact) mass is 318 g/mol. The smallest absolute Gasteiger partial charge is 0.250 e. The summed E-state index contributed by atoms with van der Waals surface area (Å²) in [7, 11) is -0.202. The Morgan fingerprint density at radius 1 is 0.909 bits per heavy atom. The average molecular weight is 318 g/mol. The molecule has 0 unspecified atom stereocenters. The van der Waals surface area contributed by atoms with Crippen molar-refractivity contribution in [2.24, 2.45) is 0 Å². The van der Waals surface area contributed by atoms with Crippen molar-refractivity contribution in [3.8, 4) is 11.5 Å². The highest BCUT2D eigenvalue weighted by Gasteiger charge is 2.38. The summed E-state index contributed by atoms with van der Waals surface area (Å²) in [6.45, 7) is 11.5. The molecule has 22 heavy (non-hydrogen) atoms. The molecule has 0 aliphatic carbocycles. The lowest BCUT2D eigenvalue weighted by atomic mass is 10.1. The molecule has 0 aromatic heterocycles. The fourth-order valence-corrected chi connectivity index (χ4v) is 2.95. The van der Waals surface area contributed by atoms with Crippen molar-refractivity contribution in [1.29, 1.82) is 0 Å². The van der Waals surface area contributed by atoms with Gasteiger partial charge in [0.25, 0.3) is 0 Å². The second-order valence-corrected chi connectivity index (χ2v) is 11.8. The van der Waals surface area contributed by atoms with Crippen molar-refractivity contribution in [1.82, 2.24) is 0 Å². The molecule has 120 valence electrons. The van der Waals surface area contributed by atoms with Crippen LogP contribution in [0.5, 0.6) is 11.5 Å². The lowest BCUT2D eigenvalue weighted by Gasteiger charge is -2.36. The van der Waals surface area contributed by atoms with E-state index < -0.39 is 8.32 Å². The van der Waals surface area contributed by atoms with Gasteiger partial charge in [0.1, 0.15) is 11.5 Å². The van der Waals surface area contributed by atoms with E-state index in [4.69, 9.17) is 13.9 Å². The minimum absolute atomic E-state index is 0.186. The Morgan fingerprint density at radius 3 is 2.09 bits per heavy atom. The average Bonchev–Trinajstić information content (AvgIpc) is 2.43. The molecule has 4 heteroatoms. The zero-order valence-corrected chi connectivity index (χ0v) is 15.4. The molecule has 0 fully saturated rings. The van der Waals surface area contributed by atoms with E-state index in [0.29, 0.717) is 0 Å². The molecule has 0 saturated carbocycles. The molecule has 0 saturated heterocycles. The molecule has 3 nitrogen and oxygen atoms in total. The molecule has 2 rings (SSSR count). The quantitative estimate of drug-likeness (QED) is 0.560. The summed E-state index contributed by atoms with van der Waals surface area (Å²) < 4.78 is 16.8. The predicted octanol–water partition coefficient (Wildman–Crippen LogP) is 5.21. The minimum atomic E-state index is -1.82. The first-order valence-electron chi connectivity index (χ1n) is 7.57. The van der Waals surface area contributed by atoms with Crippen LogP contribution in [0.4, 0.5) is 0 Å². The highest BCUT2D eigenvalue weighted by atomic mass is 28.4. The highest BCUT2D eigenvalue weighted by Crippen LogP contribution is 2.38. The van der Waals surface area contributed by atoms with Gasteiger partial charge in [0.15, 0.2) is 6.79 Å². The lowest BCUT2D eigenvalue weighted by Crippen LogP contribution is -2.43. The van der Waals surface area contributed by atoms with Crippen molar-refractivity contribution < 1.29 is 13.9 Å². The first kappa shape index (κ1) is 16.8. The van der Waals surface area contributed by atoms with E-state index in [2.05, 4.69) is 58.1 Å². The molecule has 0 atom stereocenters. The van der Waals surface area contributed by atoms with Gasteiger partial charge in [-0.15, -0.1) is 0 Å². The first-order chi connectivity index (χ1) is 10.2. The molecular formula is C18H26O3Si. The minimum Gasteiger partial charge on any atom is -0.543 e. The highest BCUT2D eigenvalue weighted by molar-refractivity contribution is 6.74. The van der Waals surface area contributed by atoms with Crippen molar-refractivity contribution in [3.05, 3.63) is 36.4 Å². The number of fused-ring (bicyclic) bond motifs is 1. The summed E-state index contributed by atoms with van der Waals surface area (Å²) in [5.41, 5.74) is 0. The van der Waals surface area contributed by atoms with Crippen LogP contribution in [0.2, 0.25) is 18.1 Å². The maximum absolute atomic E-state index is 6.37. The summed E-state index contributed by atoms with van der Waals surface area (Å²) in [5.74, 6) is 1.74. The molecule has 0 aliphatic rings. The van der Waals surface area contributed by atoms with Crippen molar-refractivity contribution in [2.45, 2.75) is 38.9 Å². The Hall–Kier alpha value is -1.52. The standard InChI is InChI=1S/C18H26O3Si/c1-18(2,3)22(5,6)21-17-10-8-14-7-9-16(20-13-19-4)11-15(14)12-17/h7-12H,13H2,1-6H3. The van der Waals surface area contributed by atoms with Crippen LogP contribution in [0, 0.1) is 0 Å². The third kappa shape index (κ3) is 3.81. The number of ether oxygens (including phenoxy) is 2. The van der Waals surface area contributed by atoms with Crippen LogP contribution in [0.15, 0.2) is 36.4 Å². The Labute approximate surface area is 134 Å². The second kappa shape index (κ2) is 6.30. The van der Waals surface area contributed by atoms with Gasteiger partial charge in [0.05, 0.1) is 0 Å². The second-order valence-electron chi connectivity index (χ2n) is 7.08. The number of hydrogen-bond acceptors (Lipinski definition) is 3. The van der Waals surface area contributed by atoms with Gasteiger partial charge in [-0.25, -0.2) is 0 Å². The Kier molecular flexibility index (Phi) is 4.83. The van der Waals surface area contributed by atoms with Gasteiger partial charge in [0.2, 0.25) is 8.32 Å². The molecule has 0 spiro atoms. The van der Waals surface area contributed by atoms with Gasteiger partial charge < -0.3 is 13.9 Å². The fourth-order valence-electron chi connectivity index (χ4n) is 1.93. The maximum Gasteiger partial charge on any atom is 0.250 e. The van der Waals surface area contributed by atoms with Gasteiger partial charge >= 0.3 is 0 Å². The summed E-state index contributed by atoms with van der Waals surface area (Å²) >= 11 is 0. The summed E-state index contributed by atoms with van der Waals surface area (Å²) in [6.07, 6.45) is 0. The molecule has 0 aliphatic heterocycles. The summed E-state index contributed by atoms with van der Waals surface area (Å²) in [6, 6.07) is 12.3. The van der Waals surface area contributed by atoms with Gasteiger partial charge in [-0.1, -0.05) is 32.9 Å². The normalized spacial score (nSPS) is 12.5.